The van der Waals surface area contributed by atoms with Crippen molar-refractivity contribution in [3.05, 3.63) is 0 Å². The molecule has 0 radical (unpaired) electrons. The van der Waals surface area contributed by atoms with Gasteiger partial charge in [0.2, 0.25) is 0 Å². The third kappa shape index (κ3) is 3.13. The van der Waals surface area contributed by atoms with E-state index in [2.05, 4.69) is 21.7 Å². The van der Waals surface area contributed by atoms with Gasteiger partial charge in [-0.05, 0) is 25.6 Å². The van der Waals surface area contributed by atoms with Gasteiger partial charge in [-0.3, -0.25) is 15.6 Å². The van der Waals surface area contributed by atoms with Gasteiger partial charge < -0.3 is 5.11 Å². The number of hydrazine groups is 2. The van der Waals surface area contributed by atoms with E-state index in [0.29, 0.717) is 11.5 Å². The largest absolute Gasteiger partial charge is 0.481 e. The van der Waals surface area contributed by atoms with Crippen molar-refractivity contribution in [2.45, 2.75) is 25.4 Å². The molecule has 0 atom stereocenters. The Hall–Kier alpha value is -0.920. The van der Waals surface area contributed by atoms with Crippen molar-refractivity contribution in [1.29, 1.82) is 0 Å². The van der Waals surface area contributed by atoms with E-state index in [1.807, 2.05) is 6.92 Å². The number of thiocarbonyl (C=S) groups is 1. The average molecular weight is 204 g/mol. The predicted octanol–water partition coefficient (Wildman–Crippen LogP) is -0.946. The highest BCUT2D eigenvalue weighted by molar-refractivity contribution is 7.80. The number of rotatable bonds is 3. The summed E-state index contributed by atoms with van der Waals surface area (Å²) in [6.45, 7) is 1.83. The zero-order valence-corrected chi connectivity index (χ0v) is 7.99. The number of aliphatic carboxylic acids is 1. The van der Waals surface area contributed by atoms with Crippen LogP contribution < -0.4 is 21.7 Å². The lowest BCUT2D eigenvalue weighted by Crippen LogP contribution is -2.72. The van der Waals surface area contributed by atoms with Crippen molar-refractivity contribution in [3.63, 3.8) is 0 Å². The van der Waals surface area contributed by atoms with E-state index in [1.54, 1.807) is 0 Å². The first-order valence-corrected chi connectivity index (χ1v) is 4.25. The zero-order chi connectivity index (χ0) is 9.90. The van der Waals surface area contributed by atoms with Crippen molar-refractivity contribution in [2.75, 3.05) is 0 Å². The summed E-state index contributed by atoms with van der Waals surface area (Å²) >= 11 is 4.78. The van der Waals surface area contributed by atoms with Crippen LogP contribution in [0.3, 0.4) is 0 Å². The number of hydrogen-bond acceptors (Lipinski definition) is 4. The molecule has 1 fully saturated rings. The fourth-order valence-electron chi connectivity index (χ4n) is 0.934. The van der Waals surface area contributed by atoms with E-state index >= 15 is 0 Å². The molecule has 0 aromatic heterocycles. The molecule has 1 aliphatic heterocycles. The Bertz CT molecular complexity index is 223. The minimum atomic E-state index is -0.821. The van der Waals surface area contributed by atoms with Crippen LogP contribution in [0.25, 0.3) is 0 Å². The standard InChI is InChI=1S/C6H12N4O2S/c1-6(3-2-4(11)12)9-7-5(13)8-10-6/h9-10H,2-3H2,1H3,(H,11,12)(H2,7,8,13). The molecule has 0 spiro atoms. The highest BCUT2D eigenvalue weighted by Crippen LogP contribution is 2.07. The monoisotopic (exact) mass is 204 g/mol. The molecule has 0 aliphatic carbocycles. The number of carboxylic acids is 1. The molecule has 0 aromatic rings. The van der Waals surface area contributed by atoms with Crippen LogP contribution in [-0.4, -0.2) is 21.9 Å². The third-order valence-corrected chi connectivity index (χ3v) is 1.95. The van der Waals surface area contributed by atoms with Crippen LogP contribution in [0.4, 0.5) is 0 Å². The third-order valence-electron chi connectivity index (χ3n) is 1.74. The Balaban J connectivity index is 2.38. The van der Waals surface area contributed by atoms with Gasteiger partial charge in [0, 0.05) is 6.42 Å². The molecule has 0 unspecified atom stereocenters. The molecule has 0 aromatic carbocycles. The number of hydrogen-bond donors (Lipinski definition) is 5. The fraction of sp³-hybridized carbons (Fsp3) is 0.667. The van der Waals surface area contributed by atoms with Crippen molar-refractivity contribution < 1.29 is 9.90 Å². The summed E-state index contributed by atoms with van der Waals surface area (Å²) in [5.74, 6) is -0.821. The molecule has 1 aliphatic rings. The van der Waals surface area contributed by atoms with Crippen molar-refractivity contribution in [2.24, 2.45) is 0 Å². The predicted molar refractivity (Wildman–Crippen MR) is 50.4 cm³/mol. The topological polar surface area (TPSA) is 85.4 Å². The first-order valence-electron chi connectivity index (χ1n) is 3.84. The molecule has 6 nitrogen and oxygen atoms in total. The minimum Gasteiger partial charge on any atom is -0.481 e. The van der Waals surface area contributed by atoms with Gasteiger partial charge in [0.15, 0.2) is 5.11 Å². The summed E-state index contributed by atoms with van der Waals surface area (Å²) in [4.78, 5) is 10.3. The summed E-state index contributed by atoms with van der Waals surface area (Å²) in [5, 5.41) is 8.93. The van der Waals surface area contributed by atoms with Crippen molar-refractivity contribution in [3.8, 4) is 0 Å². The Morgan fingerprint density at radius 3 is 2.54 bits per heavy atom. The van der Waals surface area contributed by atoms with Crippen LogP contribution in [0, 0.1) is 0 Å². The summed E-state index contributed by atoms with van der Waals surface area (Å²) in [5.41, 5.74) is 10.7. The summed E-state index contributed by atoms with van der Waals surface area (Å²) in [6, 6.07) is 0. The summed E-state index contributed by atoms with van der Waals surface area (Å²) in [6.07, 6.45) is 0.539. The molecule has 5 N–H and O–H groups in total. The van der Waals surface area contributed by atoms with Gasteiger partial charge in [0.1, 0.15) is 5.66 Å². The van der Waals surface area contributed by atoms with Crippen LogP contribution in [0.5, 0.6) is 0 Å². The zero-order valence-electron chi connectivity index (χ0n) is 7.18. The fourth-order valence-corrected chi connectivity index (χ4v) is 1.04. The highest BCUT2D eigenvalue weighted by atomic mass is 32.1. The second-order valence-electron chi connectivity index (χ2n) is 3.05. The molecule has 7 heteroatoms. The first-order chi connectivity index (χ1) is 6.02. The molecule has 0 bridgehead atoms. The van der Waals surface area contributed by atoms with Crippen LogP contribution in [0.2, 0.25) is 0 Å². The Morgan fingerprint density at radius 2 is 2.08 bits per heavy atom. The molecule has 74 valence electrons. The van der Waals surface area contributed by atoms with E-state index in [9.17, 15) is 4.79 Å². The molecular weight excluding hydrogens is 192 g/mol. The van der Waals surface area contributed by atoms with E-state index < -0.39 is 11.6 Å². The van der Waals surface area contributed by atoms with Gasteiger partial charge in [-0.25, -0.2) is 10.9 Å². The number of nitrogens with one attached hydrogen (secondary N) is 4. The normalized spacial score (nSPS) is 20.2. The first kappa shape index (κ1) is 10.2. The van der Waals surface area contributed by atoms with Crippen molar-refractivity contribution in [1.82, 2.24) is 21.7 Å². The van der Waals surface area contributed by atoms with E-state index in [0.717, 1.165) is 0 Å². The van der Waals surface area contributed by atoms with Crippen LogP contribution in [-0.2, 0) is 4.79 Å². The Morgan fingerprint density at radius 1 is 1.54 bits per heavy atom. The second-order valence-corrected chi connectivity index (χ2v) is 3.46. The van der Waals surface area contributed by atoms with E-state index in [4.69, 9.17) is 17.3 Å². The maximum absolute atomic E-state index is 10.3. The molecular formula is C6H12N4O2S. The minimum absolute atomic E-state index is 0.0899. The quantitative estimate of drug-likeness (QED) is 0.379. The molecule has 13 heavy (non-hydrogen) atoms. The van der Waals surface area contributed by atoms with E-state index in [-0.39, 0.29) is 6.42 Å². The van der Waals surface area contributed by atoms with Crippen molar-refractivity contribution >= 4 is 23.3 Å². The highest BCUT2D eigenvalue weighted by Gasteiger charge is 2.27. The molecule has 0 saturated carbocycles. The second kappa shape index (κ2) is 3.86. The number of carbonyl (C=O) groups is 1. The summed E-state index contributed by atoms with van der Waals surface area (Å²) < 4.78 is 0. The smallest absolute Gasteiger partial charge is 0.303 e. The maximum atomic E-state index is 10.3. The maximum Gasteiger partial charge on any atom is 0.303 e. The van der Waals surface area contributed by atoms with Crippen LogP contribution in [0.1, 0.15) is 19.8 Å². The molecule has 1 saturated heterocycles. The van der Waals surface area contributed by atoms with Gasteiger partial charge in [0.25, 0.3) is 0 Å². The van der Waals surface area contributed by atoms with Gasteiger partial charge in [0.05, 0.1) is 0 Å². The lowest BCUT2D eigenvalue weighted by molar-refractivity contribution is -0.137. The van der Waals surface area contributed by atoms with Crippen LogP contribution >= 0.6 is 12.2 Å². The average Bonchev–Trinajstić information content (AvgIpc) is 2.08. The molecule has 1 rings (SSSR count). The van der Waals surface area contributed by atoms with E-state index in [1.165, 1.54) is 0 Å². The van der Waals surface area contributed by atoms with Crippen LogP contribution in [0.15, 0.2) is 0 Å². The SMILES string of the molecule is CC1(CCC(=O)O)NNC(=S)NN1. The lowest BCUT2D eigenvalue weighted by atomic mass is 10.1. The van der Waals surface area contributed by atoms with Gasteiger partial charge in [-0.15, -0.1) is 0 Å². The van der Waals surface area contributed by atoms with Gasteiger partial charge in [-0.1, -0.05) is 0 Å². The molecule has 1 heterocycles. The number of carboxylic acid groups (broad SMARTS) is 1. The lowest BCUT2D eigenvalue weighted by Gasteiger charge is -2.37. The summed E-state index contributed by atoms with van der Waals surface area (Å²) in [7, 11) is 0. The Labute approximate surface area is 81.0 Å². The van der Waals surface area contributed by atoms with Gasteiger partial charge in [-0.2, -0.15) is 0 Å². The Kier molecular flexibility index (Phi) is 3.02. The van der Waals surface area contributed by atoms with Gasteiger partial charge >= 0.3 is 5.97 Å². The molecule has 0 amide bonds.